The standard InChI is InChI=1S/C17H26N2O/c1-3-4-8-17(20)18-15-9-11-16(12-10-15)19-13-6-5-7-14(19)2/h9-12,14H,3-8,13H2,1-2H3,(H,18,20)/t14-/m0/s1. The lowest BCUT2D eigenvalue weighted by atomic mass is 10.0. The highest BCUT2D eigenvalue weighted by molar-refractivity contribution is 5.90. The van der Waals surface area contributed by atoms with Gasteiger partial charge >= 0.3 is 0 Å². The van der Waals surface area contributed by atoms with Crippen molar-refractivity contribution in [3.63, 3.8) is 0 Å². The highest BCUT2D eigenvalue weighted by Gasteiger charge is 2.18. The highest BCUT2D eigenvalue weighted by atomic mass is 16.1. The largest absolute Gasteiger partial charge is 0.369 e. The molecule has 1 amide bonds. The summed E-state index contributed by atoms with van der Waals surface area (Å²) >= 11 is 0. The molecule has 1 aromatic rings. The van der Waals surface area contributed by atoms with Crippen LogP contribution in [-0.4, -0.2) is 18.5 Å². The number of nitrogens with zero attached hydrogens (tertiary/aromatic N) is 1. The van der Waals surface area contributed by atoms with Gasteiger partial charge in [0, 0.05) is 30.4 Å². The molecule has 0 saturated carbocycles. The fourth-order valence-electron chi connectivity index (χ4n) is 2.78. The predicted molar refractivity (Wildman–Crippen MR) is 85.3 cm³/mol. The molecule has 1 aliphatic heterocycles. The second-order valence-electron chi connectivity index (χ2n) is 5.74. The van der Waals surface area contributed by atoms with E-state index in [2.05, 4.69) is 36.2 Å². The van der Waals surface area contributed by atoms with Crippen LogP contribution in [0.2, 0.25) is 0 Å². The maximum atomic E-state index is 11.7. The Kier molecular flexibility index (Phi) is 5.45. The molecule has 0 aromatic heterocycles. The minimum Gasteiger partial charge on any atom is -0.369 e. The van der Waals surface area contributed by atoms with Gasteiger partial charge in [0.25, 0.3) is 0 Å². The molecule has 0 radical (unpaired) electrons. The number of amides is 1. The lowest BCUT2D eigenvalue weighted by Gasteiger charge is -2.35. The van der Waals surface area contributed by atoms with E-state index in [1.807, 2.05) is 12.1 Å². The molecule has 1 atom stereocenters. The molecule has 3 nitrogen and oxygen atoms in total. The van der Waals surface area contributed by atoms with Crippen molar-refractivity contribution in [2.75, 3.05) is 16.8 Å². The highest BCUT2D eigenvalue weighted by Crippen LogP contribution is 2.25. The number of benzene rings is 1. The van der Waals surface area contributed by atoms with Crippen LogP contribution in [0.5, 0.6) is 0 Å². The Morgan fingerprint density at radius 2 is 2.05 bits per heavy atom. The van der Waals surface area contributed by atoms with Crippen LogP contribution in [0.1, 0.15) is 52.4 Å². The number of anilines is 2. The lowest BCUT2D eigenvalue weighted by molar-refractivity contribution is -0.116. The molecular formula is C17H26N2O. The summed E-state index contributed by atoms with van der Waals surface area (Å²) < 4.78 is 0. The van der Waals surface area contributed by atoms with Gasteiger partial charge in [-0.2, -0.15) is 0 Å². The van der Waals surface area contributed by atoms with E-state index in [-0.39, 0.29) is 5.91 Å². The van der Waals surface area contributed by atoms with E-state index in [0.717, 1.165) is 25.1 Å². The van der Waals surface area contributed by atoms with Crippen molar-refractivity contribution in [1.82, 2.24) is 0 Å². The van der Waals surface area contributed by atoms with E-state index in [4.69, 9.17) is 0 Å². The Balaban J connectivity index is 1.93. The molecule has 0 aliphatic carbocycles. The van der Waals surface area contributed by atoms with Crippen LogP contribution in [0.15, 0.2) is 24.3 Å². The van der Waals surface area contributed by atoms with Crippen molar-refractivity contribution in [3.05, 3.63) is 24.3 Å². The lowest BCUT2D eigenvalue weighted by Crippen LogP contribution is -2.37. The van der Waals surface area contributed by atoms with E-state index in [0.29, 0.717) is 12.5 Å². The zero-order chi connectivity index (χ0) is 14.4. The van der Waals surface area contributed by atoms with Gasteiger partial charge in [-0.3, -0.25) is 4.79 Å². The first-order chi connectivity index (χ1) is 9.70. The normalized spacial score (nSPS) is 18.9. The molecule has 1 saturated heterocycles. The molecule has 3 heteroatoms. The Labute approximate surface area is 122 Å². The molecule has 1 fully saturated rings. The van der Waals surface area contributed by atoms with Crippen molar-refractivity contribution in [3.8, 4) is 0 Å². The van der Waals surface area contributed by atoms with Crippen LogP contribution >= 0.6 is 0 Å². The molecule has 1 aliphatic rings. The summed E-state index contributed by atoms with van der Waals surface area (Å²) in [5, 5.41) is 2.96. The number of hydrogen-bond donors (Lipinski definition) is 1. The molecule has 110 valence electrons. The van der Waals surface area contributed by atoms with E-state index >= 15 is 0 Å². The van der Waals surface area contributed by atoms with E-state index in [1.54, 1.807) is 0 Å². The monoisotopic (exact) mass is 274 g/mol. The van der Waals surface area contributed by atoms with Crippen LogP contribution < -0.4 is 10.2 Å². The van der Waals surface area contributed by atoms with Gasteiger partial charge < -0.3 is 10.2 Å². The molecule has 0 spiro atoms. The predicted octanol–water partition coefficient (Wildman–Crippen LogP) is 4.19. The summed E-state index contributed by atoms with van der Waals surface area (Å²) in [5.41, 5.74) is 2.17. The van der Waals surface area contributed by atoms with Crippen LogP contribution in [0.25, 0.3) is 0 Å². The molecule has 1 N–H and O–H groups in total. The van der Waals surface area contributed by atoms with Gasteiger partial charge in [0.2, 0.25) is 5.91 Å². The fraction of sp³-hybridized carbons (Fsp3) is 0.588. The first-order valence-corrected chi connectivity index (χ1v) is 7.87. The van der Waals surface area contributed by atoms with Gasteiger partial charge in [-0.15, -0.1) is 0 Å². The maximum absolute atomic E-state index is 11.7. The summed E-state index contributed by atoms with van der Waals surface area (Å²) in [7, 11) is 0. The third kappa shape index (κ3) is 3.99. The fourth-order valence-corrected chi connectivity index (χ4v) is 2.78. The van der Waals surface area contributed by atoms with E-state index in [1.165, 1.54) is 24.9 Å². The van der Waals surface area contributed by atoms with Crippen LogP contribution in [0, 0.1) is 0 Å². The van der Waals surface area contributed by atoms with Crippen LogP contribution in [-0.2, 0) is 4.79 Å². The van der Waals surface area contributed by atoms with Gasteiger partial charge in [0.05, 0.1) is 0 Å². The van der Waals surface area contributed by atoms with Crippen molar-refractivity contribution in [1.29, 1.82) is 0 Å². The molecular weight excluding hydrogens is 248 g/mol. The molecule has 0 bridgehead atoms. The number of piperidine rings is 1. The Bertz CT molecular complexity index is 427. The average Bonchev–Trinajstić information content (AvgIpc) is 2.47. The second-order valence-corrected chi connectivity index (χ2v) is 5.74. The smallest absolute Gasteiger partial charge is 0.224 e. The van der Waals surface area contributed by atoms with Gasteiger partial charge in [0.15, 0.2) is 0 Å². The minimum atomic E-state index is 0.117. The number of rotatable bonds is 5. The summed E-state index contributed by atoms with van der Waals surface area (Å²) in [6.07, 6.45) is 6.51. The zero-order valence-corrected chi connectivity index (χ0v) is 12.7. The van der Waals surface area contributed by atoms with Gasteiger partial charge in [-0.25, -0.2) is 0 Å². The summed E-state index contributed by atoms with van der Waals surface area (Å²) in [5.74, 6) is 0.117. The van der Waals surface area contributed by atoms with Crippen molar-refractivity contribution >= 4 is 17.3 Å². The SMILES string of the molecule is CCCCC(=O)Nc1ccc(N2CCCC[C@@H]2C)cc1. The quantitative estimate of drug-likeness (QED) is 0.873. The minimum absolute atomic E-state index is 0.117. The van der Waals surface area contributed by atoms with Crippen molar-refractivity contribution in [2.45, 2.75) is 58.4 Å². The number of hydrogen-bond acceptors (Lipinski definition) is 2. The Morgan fingerprint density at radius 3 is 2.70 bits per heavy atom. The number of nitrogens with one attached hydrogen (secondary N) is 1. The Hall–Kier alpha value is -1.51. The van der Waals surface area contributed by atoms with E-state index < -0.39 is 0 Å². The zero-order valence-electron chi connectivity index (χ0n) is 12.7. The molecule has 20 heavy (non-hydrogen) atoms. The van der Waals surface area contributed by atoms with Gasteiger partial charge in [0.1, 0.15) is 0 Å². The van der Waals surface area contributed by atoms with E-state index in [9.17, 15) is 4.79 Å². The first kappa shape index (κ1) is 14.9. The first-order valence-electron chi connectivity index (χ1n) is 7.87. The maximum Gasteiger partial charge on any atom is 0.224 e. The molecule has 0 unspecified atom stereocenters. The van der Waals surface area contributed by atoms with Crippen molar-refractivity contribution < 1.29 is 4.79 Å². The van der Waals surface area contributed by atoms with Crippen LogP contribution in [0.3, 0.4) is 0 Å². The summed E-state index contributed by atoms with van der Waals surface area (Å²) in [4.78, 5) is 14.2. The number of carbonyl (C=O) groups is 1. The van der Waals surface area contributed by atoms with Crippen molar-refractivity contribution in [2.24, 2.45) is 0 Å². The third-order valence-corrected chi connectivity index (χ3v) is 4.04. The molecule has 1 aromatic carbocycles. The average molecular weight is 274 g/mol. The van der Waals surface area contributed by atoms with Crippen LogP contribution in [0.4, 0.5) is 11.4 Å². The topological polar surface area (TPSA) is 32.3 Å². The number of carbonyl (C=O) groups excluding carboxylic acids is 1. The van der Waals surface area contributed by atoms with Gasteiger partial charge in [-0.1, -0.05) is 13.3 Å². The summed E-state index contributed by atoms with van der Waals surface area (Å²) in [6, 6.07) is 8.89. The molecule has 2 rings (SSSR count). The van der Waals surface area contributed by atoms with Gasteiger partial charge in [-0.05, 0) is 56.9 Å². The second kappa shape index (κ2) is 7.32. The Morgan fingerprint density at radius 1 is 1.30 bits per heavy atom. The molecule has 1 heterocycles. The number of unbranched alkanes of at least 4 members (excludes halogenated alkanes) is 1. The third-order valence-electron chi connectivity index (χ3n) is 4.04. The summed E-state index contributed by atoms with van der Waals surface area (Å²) in [6.45, 7) is 5.53.